The molecule has 0 unspecified atom stereocenters. The van der Waals surface area contributed by atoms with Crippen molar-refractivity contribution in [3.63, 3.8) is 0 Å². The molecule has 11 heteroatoms. The topological polar surface area (TPSA) is 110 Å². The molecule has 0 spiro atoms. The fraction of sp³-hybridized carbons (Fsp3) is 0.273. The molecule has 44 heavy (non-hydrogen) atoms. The van der Waals surface area contributed by atoms with Crippen LogP contribution < -0.4 is 24.4 Å². The van der Waals surface area contributed by atoms with Crippen molar-refractivity contribution in [1.29, 1.82) is 0 Å². The van der Waals surface area contributed by atoms with Gasteiger partial charge in [0.25, 0.3) is 5.56 Å². The van der Waals surface area contributed by atoms with Crippen molar-refractivity contribution in [2.75, 3.05) is 27.9 Å². The van der Waals surface area contributed by atoms with Crippen molar-refractivity contribution >= 4 is 29.4 Å². The molecule has 2 aromatic carbocycles. The number of aromatic nitrogens is 2. The number of esters is 2. The number of methoxy groups -OCH3 is 3. The molecule has 0 radical (unpaired) electrons. The van der Waals surface area contributed by atoms with E-state index in [9.17, 15) is 14.4 Å². The van der Waals surface area contributed by atoms with Gasteiger partial charge in [-0.1, -0.05) is 17.4 Å². The molecule has 0 bridgehead atoms. The van der Waals surface area contributed by atoms with E-state index in [1.54, 1.807) is 57.4 Å². The van der Waals surface area contributed by atoms with Crippen LogP contribution in [0.2, 0.25) is 0 Å². The lowest BCUT2D eigenvalue weighted by Crippen LogP contribution is -2.40. The summed E-state index contributed by atoms with van der Waals surface area (Å²) < 4.78 is 25.4. The summed E-state index contributed by atoms with van der Waals surface area (Å²) in [5.41, 5.74) is 4.89. The molecule has 10 nitrogen and oxygen atoms in total. The lowest BCUT2D eigenvalue weighted by molar-refractivity contribution is -0.139. The normalized spacial score (nSPS) is 14.6. The minimum absolute atomic E-state index is 0.171. The molecule has 0 N–H and O–H groups in total. The van der Waals surface area contributed by atoms with Crippen LogP contribution in [0.15, 0.2) is 69.6 Å². The Bertz CT molecular complexity index is 2000. The number of aryl methyl sites for hydroxylation is 1. The zero-order valence-electron chi connectivity index (χ0n) is 25.6. The summed E-state index contributed by atoms with van der Waals surface area (Å²) in [7, 11) is 4.43. The van der Waals surface area contributed by atoms with Gasteiger partial charge < -0.3 is 23.5 Å². The van der Waals surface area contributed by atoms with Crippen LogP contribution in [0, 0.1) is 13.8 Å². The lowest BCUT2D eigenvalue weighted by atomic mass is 9.95. The smallest absolute Gasteiger partial charge is 0.338 e. The van der Waals surface area contributed by atoms with Crippen LogP contribution in [0.3, 0.4) is 0 Å². The Kier molecular flexibility index (Phi) is 8.59. The van der Waals surface area contributed by atoms with Crippen LogP contribution >= 0.6 is 11.3 Å². The third-order valence-corrected chi connectivity index (χ3v) is 8.52. The molecule has 0 saturated carbocycles. The Morgan fingerprint density at radius 2 is 1.77 bits per heavy atom. The predicted molar refractivity (Wildman–Crippen MR) is 167 cm³/mol. The first-order valence-electron chi connectivity index (χ1n) is 13.9. The van der Waals surface area contributed by atoms with Gasteiger partial charge in [0.1, 0.15) is 17.5 Å². The number of allylic oxidation sites excluding steroid dienone is 1. The van der Waals surface area contributed by atoms with Gasteiger partial charge in [-0.15, -0.1) is 0 Å². The summed E-state index contributed by atoms with van der Waals surface area (Å²) in [5.74, 6) is 0.0573. The van der Waals surface area contributed by atoms with Crippen molar-refractivity contribution < 1.29 is 28.5 Å². The van der Waals surface area contributed by atoms with Gasteiger partial charge in [0.2, 0.25) is 0 Å². The molecule has 4 aromatic rings. The Hall–Kier alpha value is -4.90. The SMILES string of the molecule is CCOC(=O)C1=C(C)N=c2s/c(=C/c3cc(C)n(-c4cccc(C(=O)OC)c4)c3C)c(=O)n2[C@H]1c1ccc(OC)cc1OC. The first-order valence-corrected chi connectivity index (χ1v) is 14.7. The molecular formula is C33H33N3O7S. The summed E-state index contributed by atoms with van der Waals surface area (Å²) in [5, 5.41) is 0. The highest BCUT2D eigenvalue weighted by atomic mass is 32.1. The average molecular weight is 616 g/mol. The minimum atomic E-state index is -0.832. The van der Waals surface area contributed by atoms with E-state index in [0.29, 0.717) is 37.7 Å². The van der Waals surface area contributed by atoms with Gasteiger partial charge in [0.15, 0.2) is 4.80 Å². The number of fused-ring (bicyclic) bond motifs is 1. The summed E-state index contributed by atoms with van der Waals surface area (Å²) in [6, 6.07) is 13.6. The van der Waals surface area contributed by atoms with Gasteiger partial charge in [-0.25, -0.2) is 14.6 Å². The largest absolute Gasteiger partial charge is 0.497 e. The first-order chi connectivity index (χ1) is 21.1. The highest BCUT2D eigenvalue weighted by Gasteiger charge is 2.35. The molecule has 2 aromatic heterocycles. The van der Waals surface area contributed by atoms with E-state index in [2.05, 4.69) is 4.99 Å². The number of carbonyl (C=O) groups excluding carboxylic acids is 2. The second-order valence-corrected chi connectivity index (χ2v) is 11.1. The maximum absolute atomic E-state index is 14.2. The predicted octanol–water partition coefficient (Wildman–Crippen LogP) is 4.01. The summed E-state index contributed by atoms with van der Waals surface area (Å²) in [6.07, 6.45) is 1.83. The highest BCUT2D eigenvalue weighted by Crippen LogP contribution is 2.37. The molecule has 5 rings (SSSR count). The molecule has 0 aliphatic carbocycles. The Morgan fingerprint density at radius 1 is 1.00 bits per heavy atom. The van der Waals surface area contributed by atoms with Crippen molar-refractivity contribution in [1.82, 2.24) is 9.13 Å². The third kappa shape index (κ3) is 5.35. The van der Waals surface area contributed by atoms with Crippen molar-refractivity contribution in [3.05, 3.63) is 108 Å². The number of thiazole rings is 1. The molecule has 1 atom stereocenters. The maximum atomic E-state index is 14.2. The minimum Gasteiger partial charge on any atom is -0.497 e. The van der Waals surface area contributed by atoms with E-state index in [0.717, 1.165) is 22.6 Å². The number of hydrogen-bond acceptors (Lipinski definition) is 9. The number of nitrogens with zero attached hydrogens (tertiary/aromatic N) is 3. The molecular weight excluding hydrogens is 582 g/mol. The van der Waals surface area contributed by atoms with Crippen LogP contribution in [0.1, 0.15) is 52.8 Å². The van der Waals surface area contributed by atoms with E-state index >= 15 is 0 Å². The van der Waals surface area contributed by atoms with Crippen molar-refractivity contribution in [3.8, 4) is 17.2 Å². The van der Waals surface area contributed by atoms with E-state index in [-0.39, 0.29) is 17.7 Å². The van der Waals surface area contributed by atoms with E-state index in [1.165, 1.54) is 30.1 Å². The number of rotatable bonds is 8. The molecule has 228 valence electrons. The summed E-state index contributed by atoms with van der Waals surface area (Å²) in [6.45, 7) is 7.55. The van der Waals surface area contributed by atoms with Gasteiger partial charge >= 0.3 is 11.9 Å². The van der Waals surface area contributed by atoms with Crippen LogP contribution in [-0.2, 0) is 14.3 Å². The molecule has 0 fully saturated rings. The Balaban J connectivity index is 1.69. The fourth-order valence-corrected chi connectivity index (χ4v) is 6.53. The third-order valence-electron chi connectivity index (χ3n) is 7.53. The number of benzene rings is 2. The average Bonchev–Trinajstić information content (AvgIpc) is 3.48. The van der Waals surface area contributed by atoms with Gasteiger partial charge in [-0.3, -0.25) is 9.36 Å². The number of carbonyl (C=O) groups is 2. The van der Waals surface area contributed by atoms with Crippen molar-refractivity contribution in [2.24, 2.45) is 4.99 Å². The molecule has 3 heterocycles. The zero-order valence-corrected chi connectivity index (χ0v) is 26.4. The Morgan fingerprint density at radius 3 is 2.45 bits per heavy atom. The van der Waals surface area contributed by atoms with Crippen LogP contribution in [-0.4, -0.2) is 49.0 Å². The zero-order chi connectivity index (χ0) is 31.7. The van der Waals surface area contributed by atoms with Gasteiger partial charge in [0, 0.05) is 28.7 Å². The second kappa shape index (κ2) is 12.4. The van der Waals surface area contributed by atoms with Gasteiger partial charge in [-0.05, 0) is 75.7 Å². The first kappa shape index (κ1) is 30.6. The highest BCUT2D eigenvalue weighted by molar-refractivity contribution is 7.07. The Labute approximate surface area is 258 Å². The van der Waals surface area contributed by atoms with Crippen LogP contribution in [0.25, 0.3) is 11.8 Å². The molecule has 1 aliphatic rings. The summed E-state index contributed by atoms with van der Waals surface area (Å²) in [4.78, 5) is 44.7. The second-order valence-electron chi connectivity index (χ2n) is 10.1. The quantitative estimate of drug-likeness (QED) is 0.276. The molecule has 0 saturated heterocycles. The van der Waals surface area contributed by atoms with E-state index in [4.69, 9.17) is 18.9 Å². The number of ether oxygens (including phenoxy) is 4. The standard InChI is InChI=1S/C33H33N3O7S/c1-8-43-32(39)28-19(3)34-33-36(29(28)25-13-12-24(40-5)17-26(25)41-6)30(37)27(44-33)16-22-14-18(2)35(20(22)4)23-11-9-10-21(15-23)31(38)42-7/h9-17,29H,8H2,1-7H3/b27-16+/t29-/m0/s1. The van der Waals surface area contributed by atoms with Crippen LogP contribution in [0.5, 0.6) is 11.5 Å². The maximum Gasteiger partial charge on any atom is 0.338 e. The summed E-state index contributed by atoms with van der Waals surface area (Å²) >= 11 is 1.24. The van der Waals surface area contributed by atoms with E-state index in [1.807, 2.05) is 36.6 Å². The van der Waals surface area contributed by atoms with Gasteiger partial charge in [0.05, 0.1) is 49.3 Å². The van der Waals surface area contributed by atoms with Crippen molar-refractivity contribution in [2.45, 2.75) is 33.7 Å². The van der Waals surface area contributed by atoms with Crippen LogP contribution in [0.4, 0.5) is 0 Å². The number of hydrogen-bond donors (Lipinski definition) is 0. The fourth-order valence-electron chi connectivity index (χ4n) is 5.49. The lowest BCUT2D eigenvalue weighted by Gasteiger charge is -2.26. The monoisotopic (exact) mass is 615 g/mol. The van der Waals surface area contributed by atoms with Gasteiger partial charge in [-0.2, -0.15) is 0 Å². The van der Waals surface area contributed by atoms with E-state index < -0.39 is 18.0 Å². The molecule has 0 amide bonds. The molecule has 1 aliphatic heterocycles.